The summed E-state index contributed by atoms with van der Waals surface area (Å²) in [7, 11) is 0. The van der Waals surface area contributed by atoms with Gasteiger partial charge in [-0.1, -0.05) is 42.5 Å². The van der Waals surface area contributed by atoms with Gasteiger partial charge in [0.1, 0.15) is 0 Å². The molecule has 2 saturated heterocycles. The molecule has 154 valence electrons. The molecule has 29 heavy (non-hydrogen) atoms. The first-order valence-corrected chi connectivity index (χ1v) is 10.7. The molecule has 2 heterocycles. The third-order valence-corrected chi connectivity index (χ3v) is 5.85. The highest BCUT2D eigenvalue weighted by Crippen LogP contribution is 2.13. The fraction of sp³-hybridized carbons (Fsp3) is 0.458. The molecule has 0 aromatic heterocycles. The van der Waals surface area contributed by atoms with E-state index in [2.05, 4.69) is 57.6 Å². The van der Waals surface area contributed by atoms with Crippen molar-refractivity contribution in [1.82, 2.24) is 15.1 Å². The Hall–Kier alpha value is -2.21. The molecule has 0 bridgehead atoms. The van der Waals surface area contributed by atoms with E-state index in [-0.39, 0.29) is 12.0 Å². The van der Waals surface area contributed by atoms with E-state index in [1.165, 1.54) is 11.1 Å². The molecular formula is C24H31N3O2. The van der Waals surface area contributed by atoms with Gasteiger partial charge in [0.15, 0.2) is 0 Å². The quantitative estimate of drug-likeness (QED) is 0.786. The van der Waals surface area contributed by atoms with E-state index in [0.29, 0.717) is 6.54 Å². The minimum absolute atomic E-state index is 0.0124. The summed E-state index contributed by atoms with van der Waals surface area (Å²) in [6.45, 7) is 7.75. The van der Waals surface area contributed by atoms with Crippen LogP contribution in [0.2, 0.25) is 0 Å². The number of carbonyl (C=O) groups is 1. The van der Waals surface area contributed by atoms with Gasteiger partial charge in [0.25, 0.3) is 5.91 Å². The van der Waals surface area contributed by atoms with Gasteiger partial charge in [0, 0.05) is 58.0 Å². The van der Waals surface area contributed by atoms with Crippen LogP contribution in [0.25, 0.3) is 0 Å². The number of amides is 1. The summed E-state index contributed by atoms with van der Waals surface area (Å²) in [4.78, 5) is 17.3. The normalized spacial score (nSPS) is 20.6. The van der Waals surface area contributed by atoms with Crippen molar-refractivity contribution >= 4 is 5.91 Å². The van der Waals surface area contributed by atoms with Gasteiger partial charge in [-0.25, -0.2) is 0 Å². The molecular weight excluding hydrogens is 362 g/mol. The Labute approximate surface area is 173 Å². The first kappa shape index (κ1) is 20.1. The lowest BCUT2D eigenvalue weighted by molar-refractivity contribution is 0.0857. The fourth-order valence-electron chi connectivity index (χ4n) is 4.08. The number of benzene rings is 2. The molecule has 2 fully saturated rings. The van der Waals surface area contributed by atoms with Gasteiger partial charge in [0.2, 0.25) is 0 Å². The van der Waals surface area contributed by atoms with Gasteiger partial charge >= 0.3 is 0 Å². The molecule has 0 unspecified atom stereocenters. The summed E-state index contributed by atoms with van der Waals surface area (Å²) in [5.74, 6) is -0.0124. The average Bonchev–Trinajstić information content (AvgIpc) is 3.28. The van der Waals surface area contributed by atoms with Gasteiger partial charge in [-0.3, -0.25) is 14.6 Å². The highest BCUT2D eigenvalue weighted by Gasteiger charge is 2.18. The number of ether oxygens (including phenoxy) is 1. The fourth-order valence-corrected chi connectivity index (χ4v) is 4.08. The second-order valence-electron chi connectivity index (χ2n) is 8.08. The van der Waals surface area contributed by atoms with Crippen molar-refractivity contribution in [2.45, 2.75) is 32.0 Å². The largest absolute Gasteiger partial charge is 0.376 e. The summed E-state index contributed by atoms with van der Waals surface area (Å²) in [5, 5.41) is 2.99. The zero-order valence-corrected chi connectivity index (χ0v) is 17.1. The molecule has 0 radical (unpaired) electrons. The zero-order valence-electron chi connectivity index (χ0n) is 17.1. The number of carbonyl (C=O) groups excluding carboxylic acids is 1. The zero-order chi connectivity index (χ0) is 19.9. The molecule has 0 saturated carbocycles. The molecule has 0 spiro atoms. The second kappa shape index (κ2) is 10.0. The van der Waals surface area contributed by atoms with E-state index < -0.39 is 0 Å². The molecule has 1 N–H and O–H groups in total. The van der Waals surface area contributed by atoms with Crippen LogP contribution < -0.4 is 5.32 Å². The predicted molar refractivity (Wildman–Crippen MR) is 115 cm³/mol. The molecule has 2 aromatic rings. The van der Waals surface area contributed by atoms with Crippen LogP contribution in [-0.4, -0.2) is 61.1 Å². The smallest absolute Gasteiger partial charge is 0.251 e. The van der Waals surface area contributed by atoms with Crippen LogP contribution in [0.4, 0.5) is 0 Å². The highest BCUT2D eigenvalue weighted by molar-refractivity contribution is 5.94. The molecule has 5 nitrogen and oxygen atoms in total. The van der Waals surface area contributed by atoms with E-state index in [0.717, 1.165) is 64.3 Å². The van der Waals surface area contributed by atoms with E-state index >= 15 is 0 Å². The van der Waals surface area contributed by atoms with E-state index in [4.69, 9.17) is 4.74 Å². The molecule has 2 aliphatic rings. The SMILES string of the molecule is O=C(NC[C@H]1CCCO1)c1ccc(CN2CCN(Cc3ccccc3)CC2)cc1. The van der Waals surface area contributed by atoms with Gasteiger partial charge in [-0.05, 0) is 36.1 Å². The number of piperazine rings is 1. The number of rotatable bonds is 7. The lowest BCUT2D eigenvalue weighted by Crippen LogP contribution is -2.45. The summed E-state index contributed by atoms with van der Waals surface area (Å²) in [5.41, 5.74) is 3.37. The van der Waals surface area contributed by atoms with Crippen molar-refractivity contribution in [3.05, 3.63) is 71.3 Å². The molecule has 5 heteroatoms. The lowest BCUT2D eigenvalue weighted by Gasteiger charge is -2.34. The van der Waals surface area contributed by atoms with Crippen molar-refractivity contribution in [3.63, 3.8) is 0 Å². The highest BCUT2D eigenvalue weighted by atomic mass is 16.5. The monoisotopic (exact) mass is 393 g/mol. The predicted octanol–water partition coefficient (Wildman–Crippen LogP) is 2.91. The summed E-state index contributed by atoms with van der Waals surface area (Å²) < 4.78 is 5.56. The molecule has 1 amide bonds. The van der Waals surface area contributed by atoms with Crippen LogP contribution in [0.5, 0.6) is 0 Å². The number of nitrogens with one attached hydrogen (secondary N) is 1. The first-order chi connectivity index (χ1) is 14.3. The Kier molecular flexibility index (Phi) is 6.93. The van der Waals surface area contributed by atoms with Gasteiger partial charge in [0.05, 0.1) is 6.10 Å². The van der Waals surface area contributed by atoms with Crippen LogP contribution in [0.3, 0.4) is 0 Å². The van der Waals surface area contributed by atoms with Crippen molar-refractivity contribution in [3.8, 4) is 0 Å². The molecule has 2 aliphatic heterocycles. The molecule has 0 aliphatic carbocycles. The van der Waals surface area contributed by atoms with Crippen LogP contribution in [0.15, 0.2) is 54.6 Å². The number of nitrogens with zero attached hydrogens (tertiary/aromatic N) is 2. The Balaban J connectivity index is 1.20. The molecule has 4 rings (SSSR count). The van der Waals surface area contributed by atoms with Crippen LogP contribution in [0.1, 0.15) is 34.3 Å². The van der Waals surface area contributed by atoms with Crippen molar-refractivity contribution in [2.24, 2.45) is 0 Å². The summed E-state index contributed by atoms with van der Waals surface area (Å²) >= 11 is 0. The lowest BCUT2D eigenvalue weighted by atomic mass is 10.1. The summed E-state index contributed by atoms with van der Waals surface area (Å²) in [6.07, 6.45) is 2.31. The van der Waals surface area contributed by atoms with Crippen LogP contribution in [-0.2, 0) is 17.8 Å². The van der Waals surface area contributed by atoms with E-state index in [9.17, 15) is 4.79 Å². The van der Waals surface area contributed by atoms with Crippen molar-refractivity contribution in [1.29, 1.82) is 0 Å². The maximum absolute atomic E-state index is 12.3. The second-order valence-corrected chi connectivity index (χ2v) is 8.08. The Bertz CT molecular complexity index is 764. The van der Waals surface area contributed by atoms with Crippen LogP contribution in [0, 0.1) is 0 Å². The standard InChI is InChI=1S/C24H31N3O2/c28-24(25-17-23-7-4-16-29-23)22-10-8-21(9-11-22)19-27-14-12-26(13-15-27)18-20-5-2-1-3-6-20/h1-3,5-6,8-11,23H,4,7,12-19H2,(H,25,28)/t23-/m1/s1. The Morgan fingerprint density at radius 3 is 2.10 bits per heavy atom. The number of hydrogen-bond donors (Lipinski definition) is 1. The third kappa shape index (κ3) is 5.89. The first-order valence-electron chi connectivity index (χ1n) is 10.7. The average molecular weight is 394 g/mol. The minimum atomic E-state index is -0.0124. The van der Waals surface area contributed by atoms with Gasteiger partial charge < -0.3 is 10.1 Å². The molecule has 1 atom stereocenters. The summed E-state index contributed by atoms with van der Waals surface area (Å²) in [6, 6.07) is 18.7. The number of hydrogen-bond acceptors (Lipinski definition) is 4. The van der Waals surface area contributed by atoms with E-state index in [1.807, 2.05) is 12.1 Å². The van der Waals surface area contributed by atoms with Gasteiger partial charge in [-0.2, -0.15) is 0 Å². The third-order valence-electron chi connectivity index (χ3n) is 5.85. The maximum atomic E-state index is 12.3. The van der Waals surface area contributed by atoms with Crippen molar-refractivity contribution in [2.75, 3.05) is 39.3 Å². The Morgan fingerprint density at radius 1 is 0.897 bits per heavy atom. The Morgan fingerprint density at radius 2 is 1.52 bits per heavy atom. The molecule has 2 aromatic carbocycles. The van der Waals surface area contributed by atoms with Crippen LogP contribution >= 0.6 is 0 Å². The minimum Gasteiger partial charge on any atom is -0.376 e. The van der Waals surface area contributed by atoms with Gasteiger partial charge in [-0.15, -0.1) is 0 Å². The maximum Gasteiger partial charge on any atom is 0.251 e. The van der Waals surface area contributed by atoms with E-state index in [1.54, 1.807) is 0 Å². The van der Waals surface area contributed by atoms with Crippen molar-refractivity contribution < 1.29 is 9.53 Å². The topological polar surface area (TPSA) is 44.8 Å².